The van der Waals surface area contributed by atoms with Crippen LogP contribution in [0.4, 0.5) is 0 Å². The molecular weight excluding hydrogens is 250 g/mol. The van der Waals surface area contributed by atoms with E-state index in [-0.39, 0.29) is 23.9 Å². The highest BCUT2D eigenvalue weighted by Gasteiger charge is 2.12. The Kier molecular flexibility index (Phi) is 3.61. The highest BCUT2D eigenvalue weighted by Crippen LogP contribution is 2.19. The molecule has 3 N–H and O–H groups in total. The van der Waals surface area contributed by atoms with Crippen LogP contribution in [0.25, 0.3) is 0 Å². The van der Waals surface area contributed by atoms with Crippen molar-refractivity contribution in [3.05, 3.63) is 42.0 Å². The molecule has 1 heterocycles. The second-order valence-corrected chi connectivity index (χ2v) is 3.97. The quantitative estimate of drug-likeness (QED) is 0.770. The fourth-order valence-electron chi connectivity index (χ4n) is 1.55. The highest BCUT2D eigenvalue weighted by molar-refractivity contribution is 5.70. The van der Waals surface area contributed by atoms with Crippen LogP contribution in [-0.2, 0) is 11.2 Å². The van der Waals surface area contributed by atoms with Gasteiger partial charge in [0.05, 0.1) is 6.42 Å². The zero-order valence-electron chi connectivity index (χ0n) is 9.98. The molecule has 0 aliphatic carbocycles. The van der Waals surface area contributed by atoms with Crippen LogP contribution in [-0.4, -0.2) is 26.0 Å². The van der Waals surface area contributed by atoms with Crippen molar-refractivity contribution in [2.75, 3.05) is 0 Å². The van der Waals surface area contributed by atoms with Gasteiger partial charge in [0.15, 0.2) is 0 Å². The number of aromatic nitrogens is 1. The van der Waals surface area contributed by atoms with Gasteiger partial charge in [0.2, 0.25) is 11.8 Å². The first-order valence-electron chi connectivity index (χ1n) is 5.65. The molecule has 2 aromatic rings. The lowest BCUT2D eigenvalue weighted by Gasteiger charge is -2.06. The summed E-state index contributed by atoms with van der Waals surface area (Å²) >= 11 is 0. The van der Waals surface area contributed by atoms with E-state index in [4.69, 9.17) is 9.94 Å². The molecule has 100 valence electrons. The summed E-state index contributed by atoms with van der Waals surface area (Å²) in [7, 11) is 0. The SMILES string of the molecule is O=C(CCc1ccc(O)cc1)On1c(O)ccc1O. The first-order chi connectivity index (χ1) is 9.06. The van der Waals surface area contributed by atoms with Gasteiger partial charge in [-0.05, 0) is 24.1 Å². The van der Waals surface area contributed by atoms with Crippen molar-refractivity contribution in [2.45, 2.75) is 12.8 Å². The molecule has 0 aliphatic rings. The van der Waals surface area contributed by atoms with Gasteiger partial charge in [0, 0.05) is 12.1 Å². The van der Waals surface area contributed by atoms with Crippen LogP contribution in [0, 0.1) is 0 Å². The molecule has 0 aliphatic heterocycles. The topological polar surface area (TPSA) is 91.9 Å². The molecule has 0 unspecified atom stereocenters. The normalized spacial score (nSPS) is 10.3. The monoisotopic (exact) mass is 263 g/mol. The maximum atomic E-state index is 11.5. The third-order valence-corrected chi connectivity index (χ3v) is 2.54. The highest BCUT2D eigenvalue weighted by atomic mass is 16.7. The number of hydrogen-bond acceptors (Lipinski definition) is 5. The summed E-state index contributed by atoms with van der Waals surface area (Å²) in [6.45, 7) is 0. The molecule has 0 radical (unpaired) electrons. The van der Waals surface area contributed by atoms with Gasteiger partial charge in [0.25, 0.3) is 0 Å². The van der Waals surface area contributed by atoms with Gasteiger partial charge in [-0.2, -0.15) is 0 Å². The summed E-state index contributed by atoms with van der Waals surface area (Å²) in [6.07, 6.45) is 0.518. The second-order valence-electron chi connectivity index (χ2n) is 3.97. The number of carbonyl (C=O) groups excluding carboxylic acids is 1. The minimum absolute atomic E-state index is 0.0852. The maximum Gasteiger partial charge on any atom is 0.333 e. The van der Waals surface area contributed by atoms with Gasteiger partial charge >= 0.3 is 5.97 Å². The van der Waals surface area contributed by atoms with Crippen molar-refractivity contribution >= 4 is 5.97 Å². The number of hydrogen-bond donors (Lipinski definition) is 3. The van der Waals surface area contributed by atoms with Gasteiger partial charge in [-0.25, -0.2) is 4.79 Å². The Morgan fingerprint density at radius 2 is 1.58 bits per heavy atom. The van der Waals surface area contributed by atoms with Crippen molar-refractivity contribution in [3.63, 3.8) is 0 Å². The lowest BCUT2D eigenvalue weighted by molar-refractivity contribution is -0.145. The van der Waals surface area contributed by atoms with Crippen molar-refractivity contribution in [1.82, 2.24) is 4.73 Å². The largest absolute Gasteiger partial charge is 0.508 e. The number of phenols is 1. The fourth-order valence-corrected chi connectivity index (χ4v) is 1.55. The number of rotatable bonds is 4. The van der Waals surface area contributed by atoms with Gasteiger partial charge in [0.1, 0.15) is 5.75 Å². The zero-order valence-corrected chi connectivity index (χ0v) is 9.98. The molecule has 0 spiro atoms. The summed E-state index contributed by atoms with van der Waals surface area (Å²) in [4.78, 5) is 16.3. The predicted molar refractivity (Wildman–Crippen MR) is 65.8 cm³/mol. The van der Waals surface area contributed by atoms with Crippen LogP contribution in [0.5, 0.6) is 17.5 Å². The van der Waals surface area contributed by atoms with E-state index < -0.39 is 5.97 Å². The molecule has 19 heavy (non-hydrogen) atoms. The minimum Gasteiger partial charge on any atom is -0.508 e. The molecule has 1 aromatic carbocycles. The Morgan fingerprint density at radius 1 is 1.00 bits per heavy atom. The molecule has 0 bridgehead atoms. The molecule has 6 nitrogen and oxygen atoms in total. The number of aryl methyl sites for hydroxylation is 1. The lowest BCUT2D eigenvalue weighted by Crippen LogP contribution is -2.19. The first-order valence-corrected chi connectivity index (χ1v) is 5.65. The molecule has 6 heteroatoms. The number of phenolic OH excluding ortho intramolecular Hbond substituents is 1. The van der Waals surface area contributed by atoms with Crippen molar-refractivity contribution < 1.29 is 25.0 Å². The smallest absolute Gasteiger partial charge is 0.333 e. The van der Waals surface area contributed by atoms with Crippen LogP contribution in [0.1, 0.15) is 12.0 Å². The van der Waals surface area contributed by atoms with Gasteiger partial charge in [-0.3, -0.25) is 0 Å². The predicted octanol–water partition coefficient (Wildman–Crippen LogP) is 1.19. The Bertz CT molecular complexity index is 554. The fraction of sp³-hybridized carbons (Fsp3) is 0.154. The van der Waals surface area contributed by atoms with Crippen LogP contribution in [0.15, 0.2) is 36.4 Å². The summed E-state index contributed by atoms with van der Waals surface area (Å²) in [5.74, 6) is -1.13. The number of carbonyl (C=O) groups is 1. The van der Waals surface area contributed by atoms with Crippen molar-refractivity contribution in [1.29, 1.82) is 0 Å². The average Bonchev–Trinajstić information content (AvgIpc) is 2.70. The molecule has 0 saturated heterocycles. The number of aromatic hydroxyl groups is 3. The lowest BCUT2D eigenvalue weighted by atomic mass is 10.1. The Balaban J connectivity index is 1.90. The Morgan fingerprint density at radius 3 is 2.16 bits per heavy atom. The Hall–Kier alpha value is -2.63. The molecular formula is C13H13NO5. The second kappa shape index (κ2) is 5.34. The van der Waals surface area contributed by atoms with Crippen LogP contribution in [0.2, 0.25) is 0 Å². The van der Waals surface area contributed by atoms with Gasteiger partial charge in [-0.1, -0.05) is 12.1 Å². The van der Waals surface area contributed by atoms with Gasteiger partial charge in [-0.15, -0.1) is 4.73 Å². The molecule has 1 aromatic heterocycles. The van der Waals surface area contributed by atoms with Crippen LogP contribution < -0.4 is 4.84 Å². The maximum absolute atomic E-state index is 11.5. The van der Waals surface area contributed by atoms with E-state index >= 15 is 0 Å². The Labute approximate surface area is 109 Å². The minimum atomic E-state index is -0.588. The molecule has 2 rings (SSSR count). The molecule has 0 amide bonds. The van der Waals surface area contributed by atoms with E-state index in [0.717, 1.165) is 5.56 Å². The molecule has 0 fully saturated rings. The average molecular weight is 263 g/mol. The van der Waals surface area contributed by atoms with E-state index in [0.29, 0.717) is 11.2 Å². The third-order valence-electron chi connectivity index (χ3n) is 2.54. The van der Waals surface area contributed by atoms with E-state index in [1.807, 2.05) is 0 Å². The van der Waals surface area contributed by atoms with E-state index in [9.17, 15) is 15.0 Å². The van der Waals surface area contributed by atoms with Crippen molar-refractivity contribution in [3.8, 4) is 17.5 Å². The van der Waals surface area contributed by atoms with E-state index in [2.05, 4.69) is 0 Å². The summed E-state index contributed by atoms with van der Waals surface area (Å²) in [6, 6.07) is 8.89. The van der Waals surface area contributed by atoms with Crippen molar-refractivity contribution in [2.24, 2.45) is 0 Å². The number of nitrogens with zero attached hydrogens (tertiary/aromatic N) is 1. The number of benzene rings is 1. The van der Waals surface area contributed by atoms with E-state index in [1.54, 1.807) is 12.1 Å². The van der Waals surface area contributed by atoms with Crippen LogP contribution >= 0.6 is 0 Å². The van der Waals surface area contributed by atoms with Gasteiger partial charge < -0.3 is 20.2 Å². The third kappa shape index (κ3) is 3.19. The van der Waals surface area contributed by atoms with E-state index in [1.165, 1.54) is 24.3 Å². The van der Waals surface area contributed by atoms with Crippen LogP contribution in [0.3, 0.4) is 0 Å². The molecule has 0 saturated carbocycles. The summed E-state index contributed by atoms with van der Waals surface area (Å²) in [5.41, 5.74) is 0.871. The standard InChI is InChI=1S/C13H13NO5/c15-10-4-1-9(2-5-10)3-8-13(18)19-14-11(16)6-7-12(14)17/h1-2,4-7,15-17H,3,8H2. The summed E-state index contributed by atoms with van der Waals surface area (Å²) in [5, 5.41) is 27.7. The summed E-state index contributed by atoms with van der Waals surface area (Å²) < 4.78 is 0.652. The molecule has 0 atom stereocenters. The first kappa shape index (κ1) is 12.8. The zero-order chi connectivity index (χ0) is 13.8.